The molecule has 8 heteroatoms. The molecule has 0 aromatic heterocycles. The Morgan fingerprint density at radius 2 is 2.06 bits per heavy atom. The maximum Gasteiger partial charge on any atom is 0.441 e. The van der Waals surface area contributed by atoms with Gasteiger partial charge in [0.05, 0.1) is 12.0 Å². The fourth-order valence-corrected chi connectivity index (χ4v) is 2.00. The van der Waals surface area contributed by atoms with Crippen molar-refractivity contribution in [1.29, 1.82) is 0 Å². The number of carbonyl (C=O) groups is 3. The van der Waals surface area contributed by atoms with Crippen molar-refractivity contribution in [3.63, 3.8) is 0 Å². The van der Waals surface area contributed by atoms with E-state index in [0.717, 1.165) is 0 Å². The molecule has 0 aliphatic carbocycles. The summed E-state index contributed by atoms with van der Waals surface area (Å²) in [4.78, 5) is 36.2. The fraction of sp³-hybridized carbons (Fsp3) is 0.600. The summed E-state index contributed by atoms with van der Waals surface area (Å²) in [5.41, 5.74) is 13.2. The topological polar surface area (TPSA) is 146 Å². The van der Waals surface area contributed by atoms with Crippen molar-refractivity contribution < 1.29 is 24.3 Å². The van der Waals surface area contributed by atoms with E-state index in [2.05, 4.69) is 10.1 Å². The van der Waals surface area contributed by atoms with Crippen molar-refractivity contribution >= 4 is 23.4 Å². The largest absolute Gasteiger partial charge is 0.472 e. The lowest BCUT2D eigenvalue weighted by Gasteiger charge is -2.41. The number of nitrogens with one attached hydrogen (secondary N) is 1. The zero-order valence-corrected chi connectivity index (χ0v) is 9.95. The van der Waals surface area contributed by atoms with Crippen LogP contribution in [0.2, 0.25) is 0 Å². The summed E-state index contributed by atoms with van der Waals surface area (Å²) in [7, 11) is 0. The maximum absolute atomic E-state index is 11.8. The third-order valence-corrected chi connectivity index (χ3v) is 3.05. The number of carboxylic acid groups (broad SMARTS) is 1. The van der Waals surface area contributed by atoms with Gasteiger partial charge < -0.3 is 21.7 Å². The first-order valence-corrected chi connectivity index (χ1v) is 5.36. The molecule has 0 radical (unpaired) electrons. The highest BCUT2D eigenvalue weighted by atomic mass is 16.4. The molecule has 0 aromatic carbocycles. The van der Waals surface area contributed by atoms with E-state index in [1.54, 1.807) is 6.92 Å². The number of ketones is 1. The van der Waals surface area contributed by atoms with Gasteiger partial charge in [0.1, 0.15) is 0 Å². The fourth-order valence-electron chi connectivity index (χ4n) is 2.00. The van der Waals surface area contributed by atoms with Gasteiger partial charge in [-0.15, -0.1) is 0 Å². The zero-order valence-electron chi connectivity index (χ0n) is 9.95. The molecule has 18 heavy (non-hydrogen) atoms. The quantitative estimate of drug-likeness (QED) is 0.178. The summed E-state index contributed by atoms with van der Waals surface area (Å²) in [6, 6.07) is -0.987. The molecule has 8 nitrogen and oxygen atoms in total. The lowest BCUT2D eigenvalue weighted by atomic mass is 9.76. The lowest BCUT2D eigenvalue weighted by Crippen LogP contribution is -2.67. The second-order valence-corrected chi connectivity index (χ2v) is 4.33. The zero-order chi connectivity index (χ0) is 14.0. The van der Waals surface area contributed by atoms with Gasteiger partial charge in [-0.1, -0.05) is 6.92 Å². The van der Waals surface area contributed by atoms with Gasteiger partial charge in [0.15, 0.2) is 0 Å². The standard InChI is InChI=1S/C10H14N4O4/c1-3(8(15)7(14-12)10(17)18)6-5(4(2)11)9(16)13-6/h3-6H,11H2,1-2H3,(H,13,16)(H,17,18)/t3?,4?,5-,6-/m1/s1. The number of aliphatic carboxylic acids is 1. The second kappa shape index (κ2) is 5.07. The third-order valence-electron chi connectivity index (χ3n) is 3.05. The summed E-state index contributed by atoms with van der Waals surface area (Å²) in [6.07, 6.45) is 0. The molecule has 98 valence electrons. The SMILES string of the molecule is CC(C(=O)C(=[N+]=[N-])C(=O)O)[C@H]1NC(=O)[C@@H]1C(C)N. The van der Waals surface area contributed by atoms with E-state index >= 15 is 0 Å². The van der Waals surface area contributed by atoms with Gasteiger partial charge in [-0.3, -0.25) is 9.59 Å². The summed E-state index contributed by atoms with van der Waals surface area (Å²) >= 11 is 0. The Hall–Kier alpha value is -2.05. The number of carbonyl (C=O) groups excluding carboxylic acids is 2. The normalized spacial score (nSPS) is 25.2. The smallest absolute Gasteiger partial charge is 0.441 e. The van der Waals surface area contributed by atoms with E-state index in [-0.39, 0.29) is 5.91 Å². The molecule has 0 bridgehead atoms. The van der Waals surface area contributed by atoms with Crippen LogP contribution < -0.4 is 11.1 Å². The van der Waals surface area contributed by atoms with Crippen molar-refractivity contribution in [3.8, 4) is 0 Å². The molecule has 1 aliphatic rings. The lowest BCUT2D eigenvalue weighted by molar-refractivity contribution is -0.141. The Balaban J connectivity index is 2.86. The first-order chi connectivity index (χ1) is 8.31. The molecule has 1 amide bonds. The van der Waals surface area contributed by atoms with Crippen LogP contribution in [0.25, 0.3) is 5.53 Å². The first-order valence-electron chi connectivity index (χ1n) is 5.36. The molecule has 0 aromatic rings. The summed E-state index contributed by atoms with van der Waals surface area (Å²) in [5.74, 6) is -4.09. The number of nitrogens with zero attached hydrogens (tertiary/aromatic N) is 2. The van der Waals surface area contributed by atoms with Crippen LogP contribution in [0.15, 0.2) is 0 Å². The van der Waals surface area contributed by atoms with Crippen LogP contribution in [0, 0.1) is 11.8 Å². The van der Waals surface area contributed by atoms with E-state index in [1.165, 1.54) is 6.92 Å². The Morgan fingerprint density at radius 1 is 1.50 bits per heavy atom. The van der Waals surface area contributed by atoms with Crippen molar-refractivity contribution in [2.45, 2.75) is 25.9 Å². The van der Waals surface area contributed by atoms with Crippen LogP contribution in [0.4, 0.5) is 0 Å². The van der Waals surface area contributed by atoms with Crippen LogP contribution >= 0.6 is 0 Å². The van der Waals surface area contributed by atoms with Gasteiger partial charge in [0, 0.05) is 12.0 Å². The van der Waals surface area contributed by atoms with Crippen LogP contribution in [0.3, 0.4) is 0 Å². The molecule has 4 atom stereocenters. The average Bonchev–Trinajstić information content (AvgIpc) is 2.24. The number of hydrogen-bond acceptors (Lipinski definition) is 4. The Kier molecular flexibility index (Phi) is 3.95. The van der Waals surface area contributed by atoms with Gasteiger partial charge >= 0.3 is 11.7 Å². The Morgan fingerprint density at radius 3 is 2.39 bits per heavy atom. The van der Waals surface area contributed by atoms with Crippen LogP contribution in [0.5, 0.6) is 0 Å². The summed E-state index contributed by atoms with van der Waals surface area (Å²) in [6.45, 7) is 3.09. The van der Waals surface area contributed by atoms with Gasteiger partial charge in [-0.2, -0.15) is 4.79 Å². The molecule has 1 saturated heterocycles. The minimum atomic E-state index is -1.61. The van der Waals surface area contributed by atoms with Crippen molar-refractivity contribution in [2.75, 3.05) is 0 Å². The van der Waals surface area contributed by atoms with E-state index in [9.17, 15) is 14.4 Å². The number of Topliss-reactive ketones (excluding diaryl/α,β-unsaturated/α-hetero) is 1. The van der Waals surface area contributed by atoms with Gasteiger partial charge in [0.2, 0.25) is 5.91 Å². The van der Waals surface area contributed by atoms with E-state index < -0.39 is 41.4 Å². The van der Waals surface area contributed by atoms with Gasteiger partial charge in [-0.25, -0.2) is 4.79 Å². The van der Waals surface area contributed by atoms with Crippen molar-refractivity contribution in [3.05, 3.63) is 5.53 Å². The maximum atomic E-state index is 11.8. The van der Waals surface area contributed by atoms with Crippen LogP contribution in [0.1, 0.15) is 13.8 Å². The number of β-lactam (4-membered cyclic amide) rings is 1. The monoisotopic (exact) mass is 254 g/mol. The Labute approximate surface area is 103 Å². The van der Waals surface area contributed by atoms with E-state index in [1.807, 2.05) is 0 Å². The number of rotatable bonds is 5. The highest BCUT2D eigenvalue weighted by molar-refractivity contribution is 6.62. The minimum absolute atomic E-state index is 0.271. The Bertz CT molecular complexity index is 453. The molecule has 4 N–H and O–H groups in total. The molecule has 2 unspecified atom stereocenters. The van der Waals surface area contributed by atoms with Crippen molar-refractivity contribution in [1.82, 2.24) is 5.32 Å². The molecule has 1 rings (SSSR count). The molecule has 1 aliphatic heterocycles. The predicted molar refractivity (Wildman–Crippen MR) is 59.5 cm³/mol. The summed E-state index contributed by atoms with van der Waals surface area (Å²) < 4.78 is 0. The number of carboxylic acids is 1. The van der Waals surface area contributed by atoms with Gasteiger partial charge in [-0.05, 0) is 6.92 Å². The molecular weight excluding hydrogens is 240 g/mol. The number of hydrogen-bond donors (Lipinski definition) is 3. The first kappa shape index (κ1) is 14.0. The average molecular weight is 254 g/mol. The highest BCUT2D eigenvalue weighted by Gasteiger charge is 2.49. The highest BCUT2D eigenvalue weighted by Crippen LogP contribution is 2.25. The minimum Gasteiger partial charge on any atom is -0.472 e. The summed E-state index contributed by atoms with van der Waals surface area (Å²) in [5, 5.41) is 11.2. The van der Waals surface area contributed by atoms with Crippen LogP contribution in [-0.4, -0.2) is 45.4 Å². The second-order valence-electron chi connectivity index (χ2n) is 4.33. The molecular formula is C10H14N4O4. The molecule has 0 saturated carbocycles. The number of nitrogens with two attached hydrogens (primary N) is 1. The predicted octanol–water partition coefficient (Wildman–Crippen LogP) is -1.59. The third kappa shape index (κ3) is 2.29. The molecule has 1 heterocycles. The van der Waals surface area contributed by atoms with Gasteiger partial charge in [0.25, 0.3) is 5.78 Å². The van der Waals surface area contributed by atoms with E-state index in [0.29, 0.717) is 0 Å². The van der Waals surface area contributed by atoms with E-state index in [4.69, 9.17) is 16.4 Å². The van der Waals surface area contributed by atoms with Crippen molar-refractivity contribution in [2.24, 2.45) is 17.6 Å². The van der Waals surface area contributed by atoms with Crippen LogP contribution in [-0.2, 0) is 14.4 Å². The molecule has 1 fully saturated rings. The number of amides is 1. The molecule has 0 spiro atoms.